The van der Waals surface area contributed by atoms with Crippen molar-refractivity contribution in [2.24, 2.45) is 0 Å². The first kappa shape index (κ1) is 21.1. The average molecular weight is 484 g/mol. The maximum absolute atomic E-state index is 13.0. The molecule has 12 heteroatoms. The molecule has 3 aromatic heterocycles. The predicted octanol–water partition coefficient (Wildman–Crippen LogP) is 2.88. The van der Waals surface area contributed by atoms with Gasteiger partial charge in [0.15, 0.2) is 11.6 Å². The van der Waals surface area contributed by atoms with Crippen LogP contribution >= 0.6 is 23.2 Å². The van der Waals surface area contributed by atoms with Gasteiger partial charge in [-0.05, 0) is 6.07 Å². The molecule has 1 atom stereocenters. The predicted molar refractivity (Wildman–Crippen MR) is 122 cm³/mol. The van der Waals surface area contributed by atoms with Crippen LogP contribution in [0, 0.1) is 0 Å². The number of likely N-dealkylation sites (N-methyl/N-ethyl adjacent to an activating group) is 1. The van der Waals surface area contributed by atoms with Crippen molar-refractivity contribution in [2.45, 2.75) is 6.04 Å². The third-order valence-corrected chi connectivity index (χ3v) is 5.63. The summed E-state index contributed by atoms with van der Waals surface area (Å²) in [5, 5.41) is 11.0. The number of nitrogens with zero attached hydrogens (tertiary/aromatic N) is 5. The summed E-state index contributed by atoms with van der Waals surface area (Å²) in [6, 6.07) is 6.07. The molecule has 0 saturated carbocycles. The number of fused-ring (bicyclic) bond motifs is 2. The van der Waals surface area contributed by atoms with E-state index in [0.717, 1.165) is 10.9 Å². The third-order valence-electron chi connectivity index (χ3n) is 5.14. The van der Waals surface area contributed by atoms with Crippen LogP contribution in [0.15, 0.2) is 42.9 Å². The average Bonchev–Trinajstić information content (AvgIpc) is 3.26. The van der Waals surface area contributed by atoms with Gasteiger partial charge >= 0.3 is 0 Å². The molecule has 0 bridgehead atoms. The van der Waals surface area contributed by atoms with Crippen LogP contribution in [-0.2, 0) is 4.79 Å². The van der Waals surface area contributed by atoms with Crippen LogP contribution in [0.25, 0.3) is 22.2 Å². The van der Waals surface area contributed by atoms with E-state index in [2.05, 4.69) is 30.5 Å². The fraction of sp³-hybridized carbons (Fsp3) is 0.143. The Morgan fingerprint density at radius 2 is 2.09 bits per heavy atom. The van der Waals surface area contributed by atoms with E-state index in [1.54, 1.807) is 19.3 Å². The SMILES string of the molecule is CN1C(=O)[C@@H](NC(=O)c2ncc(Cl)c(-c3cccc4[nH]ncc34)n2)COc2cc(Cl)cnc21. The Kier molecular flexibility index (Phi) is 5.31. The Labute approximate surface area is 196 Å². The third kappa shape index (κ3) is 3.83. The topological polar surface area (TPSA) is 126 Å². The number of hydrogen-bond donors (Lipinski definition) is 2. The summed E-state index contributed by atoms with van der Waals surface area (Å²) in [7, 11) is 1.54. The normalized spacial score (nSPS) is 15.7. The quantitative estimate of drug-likeness (QED) is 0.458. The maximum atomic E-state index is 13.0. The molecule has 1 aliphatic heterocycles. The van der Waals surface area contributed by atoms with E-state index < -0.39 is 17.9 Å². The molecule has 0 aliphatic carbocycles. The molecule has 4 heterocycles. The molecule has 2 N–H and O–H groups in total. The highest BCUT2D eigenvalue weighted by Gasteiger charge is 2.32. The molecule has 1 aromatic carbocycles. The van der Waals surface area contributed by atoms with Crippen molar-refractivity contribution in [1.82, 2.24) is 30.5 Å². The fourth-order valence-corrected chi connectivity index (χ4v) is 3.86. The van der Waals surface area contributed by atoms with Gasteiger partial charge in [-0.3, -0.25) is 19.6 Å². The summed E-state index contributed by atoms with van der Waals surface area (Å²) in [6.07, 6.45) is 4.41. The zero-order chi connectivity index (χ0) is 23.1. The molecule has 0 radical (unpaired) electrons. The van der Waals surface area contributed by atoms with E-state index >= 15 is 0 Å². The smallest absolute Gasteiger partial charge is 0.289 e. The fourth-order valence-electron chi connectivity index (χ4n) is 3.52. The number of ether oxygens (including phenoxy) is 1. The second-order valence-electron chi connectivity index (χ2n) is 7.24. The number of benzene rings is 1. The molecular formula is C21H15Cl2N7O3. The van der Waals surface area contributed by atoms with Crippen LogP contribution in [0.3, 0.4) is 0 Å². The molecule has 0 fully saturated rings. The van der Waals surface area contributed by atoms with Crippen LogP contribution < -0.4 is 15.0 Å². The number of carbonyl (C=O) groups is 2. The van der Waals surface area contributed by atoms with Gasteiger partial charge in [0.05, 0.1) is 33.6 Å². The van der Waals surface area contributed by atoms with Gasteiger partial charge in [-0.2, -0.15) is 5.10 Å². The largest absolute Gasteiger partial charge is 0.487 e. The first-order chi connectivity index (χ1) is 15.9. The molecule has 33 heavy (non-hydrogen) atoms. The van der Waals surface area contributed by atoms with E-state index in [1.165, 1.54) is 17.3 Å². The van der Waals surface area contributed by atoms with Crippen molar-refractivity contribution in [3.63, 3.8) is 0 Å². The lowest BCUT2D eigenvalue weighted by atomic mass is 10.1. The minimum absolute atomic E-state index is 0.112. The first-order valence-electron chi connectivity index (χ1n) is 9.74. The lowest BCUT2D eigenvalue weighted by molar-refractivity contribution is -0.120. The number of anilines is 1. The number of rotatable bonds is 3. The van der Waals surface area contributed by atoms with Gasteiger partial charge in [-0.1, -0.05) is 35.3 Å². The summed E-state index contributed by atoms with van der Waals surface area (Å²) in [4.78, 5) is 39.7. The van der Waals surface area contributed by atoms with E-state index in [4.69, 9.17) is 27.9 Å². The van der Waals surface area contributed by atoms with E-state index in [-0.39, 0.29) is 17.5 Å². The van der Waals surface area contributed by atoms with E-state index in [1.807, 2.05) is 18.2 Å². The van der Waals surface area contributed by atoms with Gasteiger partial charge in [0.1, 0.15) is 12.6 Å². The molecule has 5 rings (SSSR count). The van der Waals surface area contributed by atoms with Crippen LogP contribution in [-0.4, -0.2) is 56.7 Å². The maximum Gasteiger partial charge on any atom is 0.289 e. The van der Waals surface area contributed by atoms with Crippen molar-refractivity contribution in [3.8, 4) is 17.0 Å². The molecule has 1 aliphatic rings. The number of amides is 2. The zero-order valence-electron chi connectivity index (χ0n) is 17.0. The Morgan fingerprint density at radius 1 is 1.24 bits per heavy atom. The number of aromatic nitrogens is 5. The van der Waals surface area contributed by atoms with Crippen molar-refractivity contribution in [2.75, 3.05) is 18.6 Å². The van der Waals surface area contributed by atoms with Crippen molar-refractivity contribution in [1.29, 1.82) is 0 Å². The highest BCUT2D eigenvalue weighted by Crippen LogP contribution is 2.32. The highest BCUT2D eigenvalue weighted by molar-refractivity contribution is 6.33. The minimum atomic E-state index is -0.990. The highest BCUT2D eigenvalue weighted by atomic mass is 35.5. The number of aromatic amines is 1. The molecular weight excluding hydrogens is 469 g/mol. The Balaban J connectivity index is 1.42. The lowest BCUT2D eigenvalue weighted by Crippen LogP contribution is -2.49. The number of hydrogen-bond acceptors (Lipinski definition) is 7. The van der Waals surface area contributed by atoms with Crippen LogP contribution in [0.4, 0.5) is 5.82 Å². The standard InChI is InChI=1S/C21H15Cl2N7O3/c1-30-19-16(5-10(22)6-25-19)33-9-15(21(30)32)27-20(31)18-24-8-13(23)17(28-18)11-3-2-4-14-12(11)7-26-29-14/h2-8,15H,9H2,1H3,(H,26,29)(H,27,31)/t15-/m0/s1. The molecule has 10 nitrogen and oxygen atoms in total. The van der Waals surface area contributed by atoms with Gasteiger partial charge in [-0.25, -0.2) is 15.0 Å². The minimum Gasteiger partial charge on any atom is -0.487 e. The molecule has 0 saturated heterocycles. The second-order valence-corrected chi connectivity index (χ2v) is 8.08. The second kappa shape index (κ2) is 8.30. The van der Waals surface area contributed by atoms with Gasteiger partial charge < -0.3 is 10.1 Å². The summed E-state index contributed by atoms with van der Waals surface area (Å²) in [5.74, 6) is -0.560. The van der Waals surface area contributed by atoms with E-state index in [9.17, 15) is 9.59 Å². The first-order valence-corrected chi connectivity index (χ1v) is 10.5. The van der Waals surface area contributed by atoms with Gasteiger partial charge in [-0.15, -0.1) is 0 Å². The Bertz CT molecular complexity index is 1410. The lowest BCUT2D eigenvalue weighted by Gasteiger charge is -2.19. The van der Waals surface area contributed by atoms with Gasteiger partial charge in [0, 0.05) is 30.3 Å². The van der Waals surface area contributed by atoms with Crippen molar-refractivity contribution < 1.29 is 14.3 Å². The zero-order valence-corrected chi connectivity index (χ0v) is 18.6. The molecule has 4 aromatic rings. The summed E-state index contributed by atoms with van der Waals surface area (Å²) in [6.45, 7) is -0.112. The van der Waals surface area contributed by atoms with Gasteiger partial charge in [0.25, 0.3) is 11.8 Å². The summed E-state index contributed by atoms with van der Waals surface area (Å²) in [5.41, 5.74) is 1.86. The Morgan fingerprint density at radius 3 is 2.94 bits per heavy atom. The number of carbonyl (C=O) groups excluding carboxylic acids is 2. The van der Waals surface area contributed by atoms with Crippen LogP contribution in [0.1, 0.15) is 10.6 Å². The molecule has 2 amide bonds. The number of H-pyrrole nitrogens is 1. The molecule has 0 spiro atoms. The Hall–Kier alpha value is -3.76. The summed E-state index contributed by atoms with van der Waals surface area (Å²) >= 11 is 12.3. The van der Waals surface area contributed by atoms with Crippen molar-refractivity contribution in [3.05, 3.63) is 58.7 Å². The monoisotopic (exact) mass is 483 g/mol. The van der Waals surface area contributed by atoms with Crippen LogP contribution in [0.2, 0.25) is 10.0 Å². The van der Waals surface area contributed by atoms with E-state index in [0.29, 0.717) is 27.8 Å². The molecule has 0 unspecified atom stereocenters. The molecule has 166 valence electrons. The van der Waals surface area contributed by atoms with Crippen LogP contribution in [0.5, 0.6) is 5.75 Å². The summed E-state index contributed by atoms with van der Waals surface area (Å²) < 4.78 is 5.67. The number of halogens is 2. The number of nitrogens with one attached hydrogen (secondary N) is 2. The van der Waals surface area contributed by atoms with Crippen molar-refractivity contribution >= 4 is 51.7 Å². The number of pyridine rings is 1. The van der Waals surface area contributed by atoms with Gasteiger partial charge in [0.2, 0.25) is 5.82 Å².